The van der Waals surface area contributed by atoms with E-state index in [0.717, 1.165) is 44.2 Å². The van der Waals surface area contributed by atoms with Crippen LogP contribution in [-0.2, 0) is 11.8 Å². The number of piperidine rings is 1. The summed E-state index contributed by atoms with van der Waals surface area (Å²) in [5.74, 6) is 1.09. The fourth-order valence-electron chi connectivity index (χ4n) is 5.50. The Bertz CT molecular complexity index is 602. The maximum atomic E-state index is 10.8. The first-order chi connectivity index (χ1) is 10.6. The van der Waals surface area contributed by atoms with Crippen molar-refractivity contribution in [1.82, 2.24) is 4.90 Å². The van der Waals surface area contributed by atoms with Crippen LogP contribution in [0.5, 0.6) is 11.5 Å². The summed E-state index contributed by atoms with van der Waals surface area (Å²) in [5.41, 5.74) is 2.22. The SMILES string of the molecule is COc1ccc2c(c1O)[C@]13CCC[C@H](O)[C@H]1[C@H](C2)N(C)CC3. The Morgan fingerprint density at radius 1 is 1.32 bits per heavy atom. The molecule has 1 saturated heterocycles. The lowest BCUT2D eigenvalue weighted by atomic mass is 9.51. The standard InChI is InChI=1S/C18H25NO3/c1-19-9-8-18-7-3-4-13(20)16(18)12(19)10-11-5-6-14(22-2)17(21)15(11)18/h5-6,12-13,16,20-21H,3-4,7-10H2,1-2H3/t12-,13-,16+,18+/m0/s1. The number of aromatic hydroxyl groups is 1. The van der Waals surface area contributed by atoms with Crippen molar-refractivity contribution >= 4 is 0 Å². The van der Waals surface area contributed by atoms with Crippen LogP contribution in [0, 0.1) is 5.92 Å². The molecule has 0 amide bonds. The number of rotatable bonds is 1. The topological polar surface area (TPSA) is 52.9 Å². The van der Waals surface area contributed by atoms with E-state index in [4.69, 9.17) is 4.74 Å². The molecule has 2 N–H and O–H groups in total. The fourth-order valence-corrected chi connectivity index (χ4v) is 5.50. The number of fused-ring (bicyclic) bond motifs is 1. The van der Waals surface area contributed by atoms with Crippen molar-refractivity contribution in [3.8, 4) is 11.5 Å². The lowest BCUT2D eigenvalue weighted by Crippen LogP contribution is -2.63. The molecule has 1 aliphatic heterocycles. The van der Waals surface area contributed by atoms with E-state index in [1.54, 1.807) is 7.11 Å². The number of likely N-dealkylation sites (N-methyl/N-ethyl adjacent to an activating group) is 1. The number of likely N-dealkylation sites (tertiary alicyclic amines) is 1. The van der Waals surface area contributed by atoms with E-state index in [1.807, 2.05) is 6.07 Å². The van der Waals surface area contributed by atoms with E-state index < -0.39 is 0 Å². The molecular weight excluding hydrogens is 278 g/mol. The average molecular weight is 303 g/mol. The molecule has 1 heterocycles. The number of benzene rings is 1. The molecule has 1 aromatic carbocycles. The van der Waals surface area contributed by atoms with Gasteiger partial charge in [-0.05, 0) is 57.3 Å². The number of phenols is 1. The maximum Gasteiger partial charge on any atom is 0.161 e. The summed E-state index contributed by atoms with van der Waals surface area (Å²) < 4.78 is 5.35. The van der Waals surface area contributed by atoms with Crippen LogP contribution in [-0.4, -0.2) is 48.0 Å². The van der Waals surface area contributed by atoms with Gasteiger partial charge in [-0.25, -0.2) is 0 Å². The number of hydrogen-bond acceptors (Lipinski definition) is 4. The molecule has 1 saturated carbocycles. The first-order valence-corrected chi connectivity index (χ1v) is 8.36. The van der Waals surface area contributed by atoms with Gasteiger partial charge >= 0.3 is 0 Å². The van der Waals surface area contributed by atoms with Gasteiger partial charge < -0.3 is 19.8 Å². The maximum absolute atomic E-state index is 10.8. The normalized spacial score (nSPS) is 37.3. The Kier molecular flexibility index (Phi) is 3.17. The van der Waals surface area contributed by atoms with E-state index in [1.165, 1.54) is 5.56 Å². The molecule has 2 fully saturated rings. The second kappa shape index (κ2) is 4.87. The summed E-state index contributed by atoms with van der Waals surface area (Å²) >= 11 is 0. The molecule has 0 spiro atoms. The summed E-state index contributed by atoms with van der Waals surface area (Å²) in [5, 5.41) is 21.5. The van der Waals surface area contributed by atoms with Crippen molar-refractivity contribution in [2.24, 2.45) is 5.92 Å². The van der Waals surface area contributed by atoms with Gasteiger partial charge in [-0.2, -0.15) is 0 Å². The molecule has 120 valence electrons. The minimum atomic E-state index is -0.264. The highest BCUT2D eigenvalue weighted by atomic mass is 16.5. The van der Waals surface area contributed by atoms with Crippen LogP contribution in [0.25, 0.3) is 0 Å². The highest BCUT2D eigenvalue weighted by Crippen LogP contribution is 2.58. The van der Waals surface area contributed by atoms with Crippen molar-refractivity contribution in [2.45, 2.75) is 49.7 Å². The van der Waals surface area contributed by atoms with Crippen LogP contribution < -0.4 is 4.74 Å². The number of ether oxygens (including phenoxy) is 1. The van der Waals surface area contributed by atoms with Crippen LogP contribution in [0.1, 0.15) is 36.8 Å². The van der Waals surface area contributed by atoms with Crippen LogP contribution in [0.4, 0.5) is 0 Å². The molecule has 0 unspecified atom stereocenters. The molecule has 4 heteroatoms. The summed E-state index contributed by atoms with van der Waals surface area (Å²) in [6.45, 7) is 1.03. The molecule has 0 radical (unpaired) electrons. The predicted octanol–water partition coefficient (Wildman–Crippen LogP) is 2.06. The van der Waals surface area contributed by atoms with Crippen molar-refractivity contribution < 1.29 is 14.9 Å². The Balaban J connectivity index is 1.95. The largest absolute Gasteiger partial charge is 0.504 e. The quantitative estimate of drug-likeness (QED) is 0.834. The average Bonchev–Trinajstić information content (AvgIpc) is 2.51. The highest BCUT2D eigenvalue weighted by molar-refractivity contribution is 5.56. The smallest absolute Gasteiger partial charge is 0.161 e. The van der Waals surface area contributed by atoms with Gasteiger partial charge in [0.25, 0.3) is 0 Å². The Morgan fingerprint density at radius 3 is 2.91 bits per heavy atom. The van der Waals surface area contributed by atoms with E-state index >= 15 is 0 Å². The second-order valence-corrected chi connectivity index (χ2v) is 7.29. The van der Waals surface area contributed by atoms with Crippen molar-refractivity contribution in [2.75, 3.05) is 20.7 Å². The van der Waals surface area contributed by atoms with Crippen LogP contribution >= 0.6 is 0 Å². The monoisotopic (exact) mass is 303 g/mol. The number of aliphatic hydroxyl groups excluding tert-OH is 1. The Labute approximate surface area is 131 Å². The van der Waals surface area contributed by atoms with Gasteiger partial charge in [-0.15, -0.1) is 0 Å². The molecule has 22 heavy (non-hydrogen) atoms. The molecule has 2 bridgehead atoms. The Morgan fingerprint density at radius 2 is 2.14 bits per heavy atom. The predicted molar refractivity (Wildman–Crippen MR) is 84.4 cm³/mol. The molecule has 2 aliphatic carbocycles. The van der Waals surface area contributed by atoms with Gasteiger partial charge in [0.15, 0.2) is 11.5 Å². The van der Waals surface area contributed by atoms with E-state index in [-0.39, 0.29) is 17.4 Å². The molecular formula is C18H25NO3. The zero-order valence-electron chi connectivity index (χ0n) is 13.4. The second-order valence-electron chi connectivity index (χ2n) is 7.29. The number of nitrogens with zero attached hydrogens (tertiary/aromatic N) is 1. The molecule has 0 aromatic heterocycles. The van der Waals surface area contributed by atoms with E-state index in [2.05, 4.69) is 18.0 Å². The molecule has 3 aliphatic rings. The highest BCUT2D eigenvalue weighted by Gasteiger charge is 2.57. The van der Waals surface area contributed by atoms with Crippen LogP contribution in [0.3, 0.4) is 0 Å². The minimum Gasteiger partial charge on any atom is -0.504 e. The van der Waals surface area contributed by atoms with Gasteiger partial charge in [-0.1, -0.05) is 6.07 Å². The zero-order chi connectivity index (χ0) is 15.5. The minimum absolute atomic E-state index is 0.0823. The summed E-state index contributed by atoms with van der Waals surface area (Å²) in [4.78, 5) is 2.40. The summed E-state index contributed by atoms with van der Waals surface area (Å²) in [6, 6.07) is 4.36. The summed E-state index contributed by atoms with van der Waals surface area (Å²) in [7, 11) is 3.77. The van der Waals surface area contributed by atoms with Crippen molar-refractivity contribution in [3.05, 3.63) is 23.3 Å². The number of aliphatic hydroxyl groups is 1. The summed E-state index contributed by atoms with van der Waals surface area (Å²) in [6.07, 6.45) is 4.64. The first kappa shape index (κ1) is 14.3. The van der Waals surface area contributed by atoms with Crippen LogP contribution in [0.15, 0.2) is 12.1 Å². The van der Waals surface area contributed by atoms with Gasteiger partial charge in [-0.3, -0.25) is 0 Å². The lowest BCUT2D eigenvalue weighted by Gasteiger charge is -2.59. The van der Waals surface area contributed by atoms with Gasteiger partial charge in [0.05, 0.1) is 13.2 Å². The first-order valence-electron chi connectivity index (χ1n) is 8.36. The molecule has 4 atom stereocenters. The van der Waals surface area contributed by atoms with Gasteiger partial charge in [0, 0.05) is 22.9 Å². The van der Waals surface area contributed by atoms with Crippen molar-refractivity contribution in [1.29, 1.82) is 0 Å². The number of methoxy groups -OCH3 is 1. The molecule has 4 rings (SSSR count). The van der Waals surface area contributed by atoms with Crippen molar-refractivity contribution in [3.63, 3.8) is 0 Å². The lowest BCUT2D eigenvalue weighted by molar-refractivity contribution is -0.0754. The Hall–Kier alpha value is -1.26. The third-order valence-corrected chi connectivity index (χ3v) is 6.44. The van der Waals surface area contributed by atoms with E-state index in [9.17, 15) is 10.2 Å². The molecule has 4 nitrogen and oxygen atoms in total. The number of hydrogen-bond donors (Lipinski definition) is 2. The number of phenolic OH excluding ortho intramolecular Hbond substituents is 1. The van der Waals surface area contributed by atoms with Gasteiger partial charge in [0.2, 0.25) is 0 Å². The fraction of sp³-hybridized carbons (Fsp3) is 0.667. The third-order valence-electron chi connectivity index (χ3n) is 6.44. The van der Waals surface area contributed by atoms with E-state index in [0.29, 0.717) is 17.5 Å². The molecule has 1 aromatic rings. The van der Waals surface area contributed by atoms with Crippen LogP contribution in [0.2, 0.25) is 0 Å². The zero-order valence-corrected chi connectivity index (χ0v) is 13.4. The third kappa shape index (κ3) is 1.71. The van der Waals surface area contributed by atoms with Gasteiger partial charge in [0.1, 0.15) is 0 Å².